The van der Waals surface area contributed by atoms with E-state index >= 15 is 0 Å². The zero-order valence-electron chi connectivity index (χ0n) is 18.8. The minimum Gasteiger partial charge on any atom is -0.494 e. The van der Waals surface area contributed by atoms with Gasteiger partial charge in [0.25, 0.3) is 10.0 Å². The molecule has 3 rings (SSSR count). The molecule has 0 aromatic heterocycles. The van der Waals surface area contributed by atoms with Gasteiger partial charge in [0.05, 0.1) is 17.2 Å². The molecule has 0 aliphatic carbocycles. The second-order valence-corrected chi connectivity index (χ2v) is 10.6. The normalized spacial score (nSPS) is 11.1. The Morgan fingerprint density at radius 1 is 1.00 bits per heavy atom. The highest BCUT2D eigenvalue weighted by atomic mass is 35.5. The van der Waals surface area contributed by atoms with E-state index in [-0.39, 0.29) is 17.3 Å². The summed E-state index contributed by atoms with van der Waals surface area (Å²) in [6, 6.07) is 22.4. The van der Waals surface area contributed by atoms with Gasteiger partial charge in [-0.3, -0.25) is 9.10 Å². The summed E-state index contributed by atoms with van der Waals surface area (Å²) in [5.41, 5.74) is 1.42. The molecule has 3 aromatic rings. The highest BCUT2D eigenvalue weighted by molar-refractivity contribution is 7.98. The van der Waals surface area contributed by atoms with Crippen molar-refractivity contribution in [2.75, 3.05) is 29.8 Å². The molecule has 9 heteroatoms. The van der Waals surface area contributed by atoms with Crippen molar-refractivity contribution in [3.8, 4) is 5.75 Å². The van der Waals surface area contributed by atoms with Gasteiger partial charge in [0, 0.05) is 23.1 Å². The van der Waals surface area contributed by atoms with E-state index in [1.165, 1.54) is 12.1 Å². The third-order valence-electron chi connectivity index (χ3n) is 4.84. The predicted octanol–water partition coefficient (Wildman–Crippen LogP) is 4.98. The van der Waals surface area contributed by atoms with Crippen molar-refractivity contribution < 1.29 is 17.9 Å². The molecule has 34 heavy (non-hydrogen) atoms. The van der Waals surface area contributed by atoms with Crippen molar-refractivity contribution in [1.29, 1.82) is 0 Å². The van der Waals surface area contributed by atoms with E-state index in [1.807, 2.05) is 31.2 Å². The van der Waals surface area contributed by atoms with Crippen LogP contribution < -0.4 is 14.4 Å². The molecule has 1 amide bonds. The quantitative estimate of drug-likeness (QED) is 0.342. The van der Waals surface area contributed by atoms with Crippen LogP contribution in [0, 0.1) is 0 Å². The molecule has 0 atom stereocenters. The number of ether oxygens (including phenoxy) is 1. The molecule has 0 aliphatic rings. The Kier molecular flexibility index (Phi) is 9.68. The first-order chi connectivity index (χ1) is 16.4. The Morgan fingerprint density at radius 2 is 1.68 bits per heavy atom. The van der Waals surface area contributed by atoms with Crippen LogP contribution in [0.5, 0.6) is 5.75 Å². The number of rotatable bonds is 12. The maximum Gasteiger partial charge on any atom is 0.264 e. The van der Waals surface area contributed by atoms with Crippen LogP contribution in [0.4, 0.5) is 5.69 Å². The second kappa shape index (κ2) is 12.7. The van der Waals surface area contributed by atoms with E-state index < -0.39 is 10.0 Å². The zero-order chi connectivity index (χ0) is 24.4. The number of carbonyl (C=O) groups is 1. The lowest BCUT2D eigenvalue weighted by atomic mass is 10.2. The fraction of sp³-hybridized carbons (Fsp3) is 0.240. The number of carbonyl (C=O) groups excluding carboxylic acids is 1. The van der Waals surface area contributed by atoms with Gasteiger partial charge < -0.3 is 10.1 Å². The number of hydrogen-bond donors (Lipinski definition) is 1. The molecule has 0 bridgehead atoms. The summed E-state index contributed by atoms with van der Waals surface area (Å²) in [7, 11) is -3.94. The summed E-state index contributed by atoms with van der Waals surface area (Å²) < 4.78 is 33.2. The van der Waals surface area contributed by atoms with Crippen molar-refractivity contribution in [2.24, 2.45) is 0 Å². The van der Waals surface area contributed by atoms with Gasteiger partial charge in [-0.15, -0.1) is 0 Å². The van der Waals surface area contributed by atoms with Crippen LogP contribution in [-0.2, 0) is 20.6 Å². The highest BCUT2D eigenvalue weighted by Crippen LogP contribution is 2.26. The summed E-state index contributed by atoms with van der Waals surface area (Å²) in [6.07, 6.45) is 0. The van der Waals surface area contributed by atoms with Crippen molar-refractivity contribution in [1.82, 2.24) is 5.32 Å². The molecule has 0 aliphatic heterocycles. The van der Waals surface area contributed by atoms with Gasteiger partial charge in [0.1, 0.15) is 12.3 Å². The van der Waals surface area contributed by atoms with E-state index in [1.54, 1.807) is 54.2 Å². The van der Waals surface area contributed by atoms with E-state index in [0.717, 1.165) is 20.6 Å². The largest absolute Gasteiger partial charge is 0.494 e. The first kappa shape index (κ1) is 25.9. The van der Waals surface area contributed by atoms with E-state index in [4.69, 9.17) is 16.3 Å². The van der Waals surface area contributed by atoms with Crippen LogP contribution in [0.1, 0.15) is 12.5 Å². The van der Waals surface area contributed by atoms with Crippen molar-refractivity contribution >= 4 is 45.0 Å². The second-order valence-electron chi connectivity index (χ2n) is 7.25. The van der Waals surface area contributed by atoms with Crippen molar-refractivity contribution in [3.05, 3.63) is 89.4 Å². The third kappa shape index (κ3) is 7.16. The number of benzene rings is 3. The highest BCUT2D eigenvalue weighted by Gasteiger charge is 2.27. The predicted molar refractivity (Wildman–Crippen MR) is 139 cm³/mol. The fourth-order valence-electron chi connectivity index (χ4n) is 3.16. The molecular weight excluding hydrogens is 492 g/mol. The van der Waals surface area contributed by atoms with Gasteiger partial charge in [0.2, 0.25) is 5.91 Å². The average molecular weight is 519 g/mol. The Bertz CT molecular complexity index is 1170. The van der Waals surface area contributed by atoms with E-state index in [9.17, 15) is 13.2 Å². The van der Waals surface area contributed by atoms with E-state index in [0.29, 0.717) is 30.3 Å². The molecule has 0 saturated carbocycles. The zero-order valence-corrected chi connectivity index (χ0v) is 21.2. The average Bonchev–Trinajstić information content (AvgIpc) is 2.85. The summed E-state index contributed by atoms with van der Waals surface area (Å²) in [5.74, 6) is 1.65. The lowest BCUT2D eigenvalue weighted by Crippen LogP contribution is -2.41. The molecular formula is C25H27ClN2O4S2. The molecule has 0 radical (unpaired) electrons. The Hall–Kier alpha value is -2.68. The number of sulfonamides is 1. The molecule has 1 N–H and O–H groups in total. The number of anilines is 1. The van der Waals surface area contributed by atoms with Gasteiger partial charge in [-0.25, -0.2) is 8.42 Å². The number of thioether (sulfide) groups is 1. The SMILES string of the molecule is CCOc1ccc(N(CC(=O)NCCSCc2ccccc2Cl)S(=O)(=O)c2ccccc2)cc1. The standard InChI is InChI=1S/C25H27ClN2O4S2/c1-2-32-22-14-12-21(13-15-22)28(34(30,31)23-9-4-3-5-10-23)18-25(29)27-16-17-33-19-20-8-6-7-11-24(20)26/h3-15H,2,16-19H2,1H3,(H,27,29). The van der Waals surface area contributed by atoms with Crippen LogP contribution in [0.25, 0.3) is 0 Å². The third-order valence-corrected chi connectivity index (χ3v) is 8.00. The molecule has 0 heterocycles. The summed E-state index contributed by atoms with van der Waals surface area (Å²) >= 11 is 7.81. The van der Waals surface area contributed by atoms with E-state index in [2.05, 4.69) is 5.32 Å². The fourth-order valence-corrected chi connectivity index (χ4v) is 5.74. The number of nitrogens with zero attached hydrogens (tertiary/aromatic N) is 1. The number of halogens is 1. The van der Waals surface area contributed by atoms with Crippen LogP contribution >= 0.6 is 23.4 Å². The first-order valence-electron chi connectivity index (χ1n) is 10.8. The summed E-state index contributed by atoms with van der Waals surface area (Å²) in [4.78, 5) is 12.8. The van der Waals surface area contributed by atoms with Crippen LogP contribution in [0.3, 0.4) is 0 Å². The van der Waals surface area contributed by atoms with Gasteiger partial charge >= 0.3 is 0 Å². The van der Waals surface area contributed by atoms with Crippen LogP contribution in [0.2, 0.25) is 5.02 Å². The molecule has 0 spiro atoms. The maximum absolute atomic E-state index is 13.3. The topological polar surface area (TPSA) is 75.7 Å². The number of amides is 1. The maximum atomic E-state index is 13.3. The Balaban J connectivity index is 1.65. The Morgan fingerprint density at radius 3 is 2.35 bits per heavy atom. The molecule has 3 aromatic carbocycles. The first-order valence-corrected chi connectivity index (χ1v) is 13.8. The number of hydrogen-bond acceptors (Lipinski definition) is 5. The molecule has 0 unspecified atom stereocenters. The Labute approximate surface area is 210 Å². The lowest BCUT2D eigenvalue weighted by molar-refractivity contribution is -0.119. The van der Waals surface area contributed by atoms with Crippen molar-refractivity contribution in [2.45, 2.75) is 17.6 Å². The van der Waals surface area contributed by atoms with Crippen LogP contribution in [-0.4, -0.2) is 39.8 Å². The molecule has 0 fully saturated rings. The smallest absolute Gasteiger partial charge is 0.264 e. The summed E-state index contributed by atoms with van der Waals surface area (Å²) in [6.45, 7) is 2.45. The van der Waals surface area contributed by atoms with Gasteiger partial charge in [0.15, 0.2) is 0 Å². The number of nitrogens with one attached hydrogen (secondary N) is 1. The van der Waals surface area contributed by atoms with Gasteiger partial charge in [-0.2, -0.15) is 11.8 Å². The molecule has 0 saturated heterocycles. The summed E-state index contributed by atoms with van der Waals surface area (Å²) in [5, 5.41) is 3.53. The minimum absolute atomic E-state index is 0.118. The van der Waals surface area contributed by atoms with Crippen molar-refractivity contribution in [3.63, 3.8) is 0 Å². The van der Waals surface area contributed by atoms with Gasteiger partial charge in [-0.05, 0) is 55.0 Å². The minimum atomic E-state index is -3.94. The van der Waals surface area contributed by atoms with Gasteiger partial charge in [-0.1, -0.05) is 48.0 Å². The van der Waals surface area contributed by atoms with Crippen LogP contribution in [0.15, 0.2) is 83.8 Å². The monoisotopic (exact) mass is 518 g/mol. The molecule has 180 valence electrons. The molecule has 6 nitrogen and oxygen atoms in total. The lowest BCUT2D eigenvalue weighted by Gasteiger charge is -2.24.